The number of rotatable bonds is 3. The molecule has 7 aromatic carbocycles. The number of fused-ring (bicyclic) bond motifs is 11. The molecule has 1 spiro atoms. The van der Waals surface area contributed by atoms with Gasteiger partial charge in [0.25, 0.3) is 0 Å². The minimum absolute atomic E-state index is 0.618. The smallest absolute Gasteiger partial charge is 0.164 e. The van der Waals surface area contributed by atoms with Gasteiger partial charge in [-0.05, 0) is 74.5 Å². The summed E-state index contributed by atoms with van der Waals surface area (Å²) in [5.74, 6) is 1.87. The van der Waals surface area contributed by atoms with Crippen LogP contribution in [0.3, 0.4) is 0 Å². The highest BCUT2D eigenvalue weighted by atomic mass is 32.2. The summed E-state index contributed by atoms with van der Waals surface area (Å²) < 4.78 is 0. The van der Waals surface area contributed by atoms with Crippen LogP contribution in [0, 0.1) is 11.3 Å². The average Bonchev–Trinajstić information content (AvgIpc) is 3.48. The lowest BCUT2D eigenvalue weighted by Crippen LogP contribution is -2.32. The van der Waals surface area contributed by atoms with E-state index < -0.39 is 5.41 Å². The van der Waals surface area contributed by atoms with E-state index >= 15 is 0 Å². The van der Waals surface area contributed by atoms with Crippen molar-refractivity contribution in [3.63, 3.8) is 0 Å². The van der Waals surface area contributed by atoms with Gasteiger partial charge in [-0.25, -0.2) is 15.0 Å². The van der Waals surface area contributed by atoms with E-state index in [-0.39, 0.29) is 0 Å². The van der Waals surface area contributed by atoms with Crippen molar-refractivity contribution >= 4 is 22.5 Å². The first kappa shape index (κ1) is 28.6. The van der Waals surface area contributed by atoms with Gasteiger partial charge in [0.05, 0.1) is 17.0 Å². The molecule has 232 valence electrons. The number of benzene rings is 7. The summed E-state index contributed by atoms with van der Waals surface area (Å²) >= 11 is 1.77. The second kappa shape index (κ2) is 11.1. The third-order valence-corrected chi connectivity index (χ3v) is 11.2. The van der Waals surface area contributed by atoms with Crippen molar-refractivity contribution in [3.8, 4) is 51.4 Å². The van der Waals surface area contributed by atoms with Crippen molar-refractivity contribution in [1.82, 2.24) is 15.0 Å². The molecule has 1 unspecified atom stereocenters. The van der Waals surface area contributed by atoms with Crippen molar-refractivity contribution in [3.05, 3.63) is 186 Å². The lowest BCUT2D eigenvalue weighted by molar-refractivity contribution is 0.722. The molecule has 0 radical (unpaired) electrons. The zero-order valence-electron chi connectivity index (χ0n) is 26.7. The SMILES string of the molecule is N#Cc1ccc2c(c1)C1(c3ccccc3S2)c2ccccc2-c2c1cc(-c1nc(-c3ccccc3)nc(-c3ccccc3)n1)c1ccccc21. The van der Waals surface area contributed by atoms with Crippen molar-refractivity contribution in [1.29, 1.82) is 5.26 Å². The van der Waals surface area contributed by atoms with Crippen molar-refractivity contribution in [2.45, 2.75) is 15.2 Å². The van der Waals surface area contributed by atoms with Crippen LogP contribution in [-0.4, -0.2) is 15.0 Å². The van der Waals surface area contributed by atoms with Crippen LogP contribution in [0.4, 0.5) is 0 Å². The topological polar surface area (TPSA) is 62.5 Å². The molecule has 4 nitrogen and oxygen atoms in total. The fourth-order valence-corrected chi connectivity index (χ4v) is 9.11. The lowest BCUT2D eigenvalue weighted by Gasteiger charge is -2.40. The Hall–Kier alpha value is -6.35. The van der Waals surface area contributed by atoms with E-state index in [0.717, 1.165) is 37.9 Å². The maximum Gasteiger partial charge on any atom is 0.164 e. The quantitative estimate of drug-likeness (QED) is 0.190. The molecule has 0 saturated heterocycles. The second-order valence-electron chi connectivity index (χ2n) is 12.6. The zero-order chi connectivity index (χ0) is 33.2. The van der Waals surface area contributed by atoms with Gasteiger partial charge in [-0.3, -0.25) is 0 Å². The number of hydrogen-bond acceptors (Lipinski definition) is 5. The molecule has 2 aliphatic rings. The predicted octanol–water partition coefficient (Wildman–Crippen LogP) is 10.7. The van der Waals surface area contributed by atoms with E-state index in [1.807, 2.05) is 66.7 Å². The normalized spacial score (nSPS) is 15.2. The zero-order valence-corrected chi connectivity index (χ0v) is 27.5. The minimum Gasteiger partial charge on any atom is -0.208 e. The van der Waals surface area contributed by atoms with Crippen LogP contribution in [0.1, 0.15) is 27.8 Å². The standard InChI is InChI=1S/C45H26N4S/c46-27-28-23-24-40-37(25-28)45(36-21-11-12-22-39(36)50-40)35-20-10-9-19-33(35)41-32-18-8-7-17-31(32)34(26-38(41)45)44-48-42(29-13-3-1-4-14-29)47-43(49-44)30-15-5-2-6-16-30/h1-26H. The van der Waals surface area contributed by atoms with E-state index in [2.05, 4.69) is 97.1 Å². The molecule has 1 atom stereocenters. The molecule has 8 aromatic rings. The Morgan fingerprint density at radius 1 is 0.460 bits per heavy atom. The van der Waals surface area contributed by atoms with Gasteiger partial charge in [-0.15, -0.1) is 0 Å². The molecule has 5 heteroatoms. The first-order valence-corrected chi connectivity index (χ1v) is 17.4. The van der Waals surface area contributed by atoms with E-state index in [4.69, 9.17) is 15.0 Å². The van der Waals surface area contributed by atoms with Crippen LogP contribution < -0.4 is 0 Å². The lowest BCUT2D eigenvalue weighted by atomic mass is 9.66. The van der Waals surface area contributed by atoms with E-state index in [1.165, 1.54) is 32.7 Å². The summed E-state index contributed by atoms with van der Waals surface area (Å²) in [6, 6.07) is 57.2. The minimum atomic E-state index is -0.660. The van der Waals surface area contributed by atoms with Gasteiger partial charge in [-0.1, -0.05) is 139 Å². The third kappa shape index (κ3) is 4.09. The Bertz CT molecular complexity index is 2640. The molecule has 2 heterocycles. The number of aromatic nitrogens is 3. The number of hydrogen-bond donors (Lipinski definition) is 0. The van der Waals surface area contributed by atoms with Crippen molar-refractivity contribution in [2.75, 3.05) is 0 Å². The molecule has 0 saturated carbocycles. The first-order chi connectivity index (χ1) is 24.7. The number of nitrogens with zero attached hydrogens (tertiary/aromatic N) is 4. The maximum atomic E-state index is 10.2. The molecule has 1 aromatic heterocycles. The highest BCUT2D eigenvalue weighted by Gasteiger charge is 2.51. The summed E-state index contributed by atoms with van der Waals surface area (Å²) in [5.41, 5.74) is 9.91. The molecular formula is C45H26N4S. The Kier molecular flexibility index (Phi) is 6.36. The van der Waals surface area contributed by atoms with Crippen LogP contribution >= 0.6 is 11.8 Å². The van der Waals surface area contributed by atoms with E-state index in [0.29, 0.717) is 23.0 Å². The number of nitriles is 1. The Labute approximate surface area is 293 Å². The van der Waals surface area contributed by atoms with Gasteiger partial charge in [0, 0.05) is 26.5 Å². The van der Waals surface area contributed by atoms with Crippen LogP contribution in [-0.2, 0) is 5.41 Å². The van der Waals surface area contributed by atoms with Crippen LogP contribution in [0.15, 0.2) is 168 Å². The highest BCUT2D eigenvalue weighted by Crippen LogP contribution is 2.63. The fraction of sp³-hybridized carbons (Fsp3) is 0.0222. The van der Waals surface area contributed by atoms with Crippen molar-refractivity contribution < 1.29 is 0 Å². The molecular weight excluding hydrogens is 629 g/mol. The molecule has 0 fully saturated rings. The van der Waals surface area contributed by atoms with Crippen molar-refractivity contribution in [2.24, 2.45) is 0 Å². The fourth-order valence-electron chi connectivity index (χ4n) is 7.94. The van der Waals surface area contributed by atoms with Gasteiger partial charge < -0.3 is 0 Å². The van der Waals surface area contributed by atoms with Gasteiger partial charge in [-0.2, -0.15) is 5.26 Å². The maximum absolute atomic E-state index is 10.2. The molecule has 10 rings (SSSR count). The van der Waals surface area contributed by atoms with Crippen LogP contribution in [0.25, 0.3) is 56.1 Å². The molecule has 50 heavy (non-hydrogen) atoms. The Balaban J connectivity index is 1.35. The van der Waals surface area contributed by atoms with Gasteiger partial charge >= 0.3 is 0 Å². The molecule has 1 aliphatic heterocycles. The second-order valence-corrected chi connectivity index (χ2v) is 13.7. The molecule has 0 amide bonds. The molecule has 0 N–H and O–H groups in total. The summed E-state index contributed by atoms with van der Waals surface area (Å²) in [6.07, 6.45) is 0. The molecule has 0 bridgehead atoms. The summed E-state index contributed by atoms with van der Waals surface area (Å²) in [4.78, 5) is 17.8. The first-order valence-electron chi connectivity index (χ1n) is 16.6. The van der Waals surface area contributed by atoms with Gasteiger partial charge in [0.15, 0.2) is 17.5 Å². The Morgan fingerprint density at radius 2 is 1.04 bits per heavy atom. The summed E-state index contributed by atoms with van der Waals surface area (Å²) in [5, 5.41) is 12.4. The van der Waals surface area contributed by atoms with Gasteiger partial charge in [0.1, 0.15) is 0 Å². The monoisotopic (exact) mass is 654 g/mol. The van der Waals surface area contributed by atoms with Gasteiger partial charge in [0.2, 0.25) is 0 Å². The van der Waals surface area contributed by atoms with E-state index in [9.17, 15) is 5.26 Å². The van der Waals surface area contributed by atoms with E-state index in [1.54, 1.807) is 11.8 Å². The average molecular weight is 655 g/mol. The van der Waals surface area contributed by atoms with Crippen LogP contribution in [0.5, 0.6) is 0 Å². The predicted molar refractivity (Wildman–Crippen MR) is 200 cm³/mol. The Morgan fingerprint density at radius 3 is 1.76 bits per heavy atom. The molecule has 1 aliphatic carbocycles. The summed E-state index contributed by atoms with van der Waals surface area (Å²) in [6.45, 7) is 0. The third-order valence-electron chi connectivity index (χ3n) is 10.0. The van der Waals surface area contributed by atoms with Crippen LogP contribution in [0.2, 0.25) is 0 Å². The highest BCUT2D eigenvalue weighted by molar-refractivity contribution is 7.99. The summed E-state index contributed by atoms with van der Waals surface area (Å²) in [7, 11) is 0. The largest absolute Gasteiger partial charge is 0.208 e.